The maximum absolute atomic E-state index is 13.6. The standard InChI is InChI=1S/C24H29FN4O2/c25-20-11-6-12-21(17-20)27-23(26)29-15-13-28(14-16-29)22(30)24(31,19-9-4-5-10-19)18-7-2-1-3-8-18/h1-3,6-8,11-12,17,19,31H,4-5,9-10,13-16H2,(H2,26,27). The number of hydrogen-bond acceptors (Lipinski definition) is 3. The molecule has 0 aromatic heterocycles. The molecule has 2 aliphatic rings. The van der Waals surface area contributed by atoms with Crippen LogP contribution < -0.4 is 5.73 Å². The topological polar surface area (TPSA) is 82.2 Å². The molecule has 31 heavy (non-hydrogen) atoms. The fourth-order valence-corrected chi connectivity index (χ4v) is 4.70. The molecule has 1 saturated heterocycles. The molecule has 6 nitrogen and oxygen atoms in total. The lowest BCUT2D eigenvalue weighted by Gasteiger charge is -2.41. The summed E-state index contributed by atoms with van der Waals surface area (Å²) < 4.78 is 13.4. The fraction of sp³-hybridized carbons (Fsp3) is 0.417. The largest absolute Gasteiger partial charge is 0.375 e. The summed E-state index contributed by atoms with van der Waals surface area (Å²) >= 11 is 0. The van der Waals surface area contributed by atoms with Crippen molar-refractivity contribution in [1.82, 2.24) is 9.80 Å². The second-order valence-electron chi connectivity index (χ2n) is 8.34. The van der Waals surface area contributed by atoms with E-state index in [1.807, 2.05) is 35.2 Å². The quantitative estimate of drug-likeness (QED) is 0.584. The van der Waals surface area contributed by atoms with Gasteiger partial charge >= 0.3 is 0 Å². The van der Waals surface area contributed by atoms with Gasteiger partial charge in [-0.1, -0.05) is 49.2 Å². The van der Waals surface area contributed by atoms with Gasteiger partial charge in [0.05, 0.1) is 5.69 Å². The van der Waals surface area contributed by atoms with Crippen LogP contribution in [0.4, 0.5) is 10.1 Å². The molecular formula is C24H29FN4O2. The van der Waals surface area contributed by atoms with Crippen molar-refractivity contribution in [2.75, 3.05) is 26.2 Å². The first-order valence-electron chi connectivity index (χ1n) is 10.9. The van der Waals surface area contributed by atoms with E-state index in [9.17, 15) is 14.3 Å². The first kappa shape index (κ1) is 21.3. The van der Waals surface area contributed by atoms with Crippen LogP contribution in [0, 0.1) is 11.7 Å². The molecule has 1 unspecified atom stereocenters. The first-order chi connectivity index (χ1) is 15.0. The van der Waals surface area contributed by atoms with Gasteiger partial charge in [-0.25, -0.2) is 9.38 Å². The van der Waals surface area contributed by atoms with Crippen LogP contribution in [0.3, 0.4) is 0 Å². The highest BCUT2D eigenvalue weighted by molar-refractivity contribution is 5.87. The highest BCUT2D eigenvalue weighted by Crippen LogP contribution is 2.42. The van der Waals surface area contributed by atoms with E-state index >= 15 is 0 Å². The van der Waals surface area contributed by atoms with Gasteiger partial charge in [0.15, 0.2) is 11.6 Å². The molecule has 1 aliphatic carbocycles. The number of aliphatic imine (C=N–C) groups is 1. The van der Waals surface area contributed by atoms with Gasteiger partial charge in [0.1, 0.15) is 5.82 Å². The van der Waals surface area contributed by atoms with Crippen LogP contribution in [0.5, 0.6) is 0 Å². The molecule has 3 N–H and O–H groups in total. The van der Waals surface area contributed by atoms with Gasteiger partial charge in [-0.05, 0) is 36.6 Å². The Balaban J connectivity index is 1.47. The number of benzene rings is 2. The van der Waals surface area contributed by atoms with E-state index in [2.05, 4.69) is 4.99 Å². The Labute approximate surface area is 182 Å². The molecule has 1 aliphatic heterocycles. The normalized spacial score (nSPS) is 20.0. The summed E-state index contributed by atoms with van der Waals surface area (Å²) in [6, 6.07) is 15.3. The van der Waals surface area contributed by atoms with Crippen molar-refractivity contribution in [2.45, 2.75) is 31.3 Å². The Kier molecular flexibility index (Phi) is 6.23. The molecular weight excluding hydrogens is 395 g/mol. The minimum atomic E-state index is -1.50. The summed E-state index contributed by atoms with van der Waals surface area (Å²) in [6.07, 6.45) is 3.77. The monoisotopic (exact) mass is 424 g/mol. The summed E-state index contributed by atoms with van der Waals surface area (Å²) in [5.41, 5.74) is 5.75. The van der Waals surface area contributed by atoms with Gasteiger partial charge in [-0.3, -0.25) is 4.79 Å². The molecule has 7 heteroatoms. The van der Waals surface area contributed by atoms with Crippen molar-refractivity contribution in [1.29, 1.82) is 0 Å². The lowest BCUT2D eigenvalue weighted by atomic mass is 9.79. The minimum absolute atomic E-state index is 0.0694. The lowest BCUT2D eigenvalue weighted by Crippen LogP contribution is -2.58. The third-order valence-electron chi connectivity index (χ3n) is 6.43. The molecule has 1 atom stereocenters. The van der Waals surface area contributed by atoms with Crippen LogP contribution in [0.15, 0.2) is 59.6 Å². The van der Waals surface area contributed by atoms with E-state index in [4.69, 9.17) is 5.73 Å². The van der Waals surface area contributed by atoms with Gasteiger partial charge in [-0.2, -0.15) is 0 Å². The molecule has 1 amide bonds. The van der Waals surface area contributed by atoms with Crippen molar-refractivity contribution < 1.29 is 14.3 Å². The van der Waals surface area contributed by atoms with Gasteiger partial charge in [0.25, 0.3) is 5.91 Å². The Morgan fingerprint density at radius 2 is 1.65 bits per heavy atom. The van der Waals surface area contributed by atoms with E-state index in [1.165, 1.54) is 12.1 Å². The van der Waals surface area contributed by atoms with E-state index in [0.29, 0.717) is 43.4 Å². The van der Waals surface area contributed by atoms with E-state index in [1.54, 1.807) is 17.0 Å². The van der Waals surface area contributed by atoms with Crippen molar-refractivity contribution in [3.8, 4) is 0 Å². The Morgan fingerprint density at radius 1 is 1.00 bits per heavy atom. The predicted octanol–water partition coefficient (Wildman–Crippen LogP) is 2.99. The van der Waals surface area contributed by atoms with Crippen LogP contribution in [0.25, 0.3) is 0 Å². The Morgan fingerprint density at radius 3 is 2.29 bits per heavy atom. The number of rotatable bonds is 4. The Hall–Kier alpha value is -2.93. The van der Waals surface area contributed by atoms with Crippen molar-refractivity contribution in [3.05, 3.63) is 66.0 Å². The molecule has 2 aromatic rings. The van der Waals surface area contributed by atoms with Crippen LogP contribution in [0.1, 0.15) is 31.2 Å². The zero-order valence-corrected chi connectivity index (χ0v) is 17.6. The zero-order valence-electron chi connectivity index (χ0n) is 17.6. The average Bonchev–Trinajstić information content (AvgIpc) is 3.34. The molecule has 0 bridgehead atoms. The number of guanidine groups is 1. The molecule has 0 radical (unpaired) electrons. The summed E-state index contributed by atoms with van der Waals surface area (Å²) in [6.45, 7) is 1.90. The summed E-state index contributed by atoms with van der Waals surface area (Å²) in [7, 11) is 0. The minimum Gasteiger partial charge on any atom is -0.375 e. The summed E-state index contributed by atoms with van der Waals surface area (Å²) in [4.78, 5) is 21.5. The molecule has 164 valence electrons. The number of carbonyl (C=O) groups excluding carboxylic acids is 1. The zero-order chi connectivity index (χ0) is 21.8. The number of nitrogens with two attached hydrogens (primary N) is 1. The molecule has 1 saturated carbocycles. The number of hydrogen-bond donors (Lipinski definition) is 2. The highest BCUT2D eigenvalue weighted by Gasteiger charge is 2.48. The molecule has 0 spiro atoms. The van der Waals surface area contributed by atoms with Crippen LogP contribution in [0.2, 0.25) is 0 Å². The van der Waals surface area contributed by atoms with E-state index in [0.717, 1.165) is 25.7 Å². The first-order valence-corrected chi connectivity index (χ1v) is 10.9. The SMILES string of the molecule is NC(=Nc1cccc(F)c1)N1CCN(C(=O)C(O)(c2ccccc2)C2CCCC2)CC1. The maximum atomic E-state index is 13.6. The van der Waals surface area contributed by atoms with Gasteiger partial charge < -0.3 is 20.6 Å². The smallest absolute Gasteiger partial charge is 0.259 e. The fourth-order valence-electron chi connectivity index (χ4n) is 4.70. The number of halogens is 1. The Bertz CT molecular complexity index is 938. The van der Waals surface area contributed by atoms with Crippen molar-refractivity contribution in [3.63, 3.8) is 0 Å². The van der Waals surface area contributed by atoms with Crippen molar-refractivity contribution >= 4 is 17.6 Å². The number of nitrogens with zero attached hydrogens (tertiary/aromatic N) is 3. The molecule has 2 aromatic carbocycles. The predicted molar refractivity (Wildman–Crippen MR) is 118 cm³/mol. The third kappa shape index (κ3) is 4.42. The summed E-state index contributed by atoms with van der Waals surface area (Å²) in [5, 5.41) is 11.7. The number of amides is 1. The number of piperazine rings is 1. The highest BCUT2D eigenvalue weighted by atomic mass is 19.1. The van der Waals surface area contributed by atoms with Crippen LogP contribution >= 0.6 is 0 Å². The average molecular weight is 425 g/mol. The molecule has 4 rings (SSSR count). The van der Waals surface area contributed by atoms with Gasteiger partial charge in [0, 0.05) is 32.1 Å². The third-order valence-corrected chi connectivity index (χ3v) is 6.43. The number of carbonyl (C=O) groups is 1. The maximum Gasteiger partial charge on any atom is 0.259 e. The lowest BCUT2D eigenvalue weighted by molar-refractivity contribution is -0.160. The second kappa shape index (κ2) is 9.06. The van der Waals surface area contributed by atoms with E-state index < -0.39 is 5.60 Å². The van der Waals surface area contributed by atoms with Gasteiger partial charge in [-0.15, -0.1) is 0 Å². The number of aliphatic hydroxyl groups is 1. The second-order valence-corrected chi connectivity index (χ2v) is 8.34. The van der Waals surface area contributed by atoms with Gasteiger partial charge in [0.2, 0.25) is 0 Å². The van der Waals surface area contributed by atoms with E-state index in [-0.39, 0.29) is 17.6 Å². The summed E-state index contributed by atoms with van der Waals surface area (Å²) in [5.74, 6) is -0.366. The molecule has 2 fully saturated rings. The van der Waals surface area contributed by atoms with Crippen LogP contribution in [-0.2, 0) is 10.4 Å². The molecule has 1 heterocycles. The van der Waals surface area contributed by atoms with Crippen molar-refractivity contribution in [2.24, 2.45) is 16.6 Å². The van der Waals surface area contributed by atoms with Crippen LogP contribution in [-0.4, -0.2) is 53.0 Å².